The summed E-state index contributed by atoms with van der Waals surface area (Å²) in [6.07, 6.45) is -2.89. The van der Waals surface area contributed by atoms with Crippen LogP contribution in [-0.4, -0.2) is 29.2 Å². The highest BCUT2D eigenvalue weighted by Gasteiger charge is 2.41. The van der Waals surface area contributed by atoms with Gasteiger partial charge in [0.1, 0.15) is 6.04 Å². The minimum Gasteiger partial charge on any atom is -0.480 e. The standard InChI is InChI=1S/C15H24F3NO3/c1-9(2)7-12(14(21)22)19-13(20)8-10-3-5-11(6-4-10)15(16,17)18/h9-12H,3-8H2,1-2H3,(H,19,20)(H,21,22)/t10?,11?,12-/m1/s1. The van der Waals surface area contributed by atoms with Crippen molar-refractivity contribution in [2.75, 3.05) is 0 Å². The van der Waals surface area contributed by atoms with Crippen LogP contribution in [0.25, 0.3) is 0 Å². The summed E-state index contributed by atoms with van der Waals surface area (Å²) in [7, 11) is 0. The molecule has 1 fully saturated rings. The van der Waals surface area contributed by atoms with Crippen LogP contribution < -0.4 is 5.32 Å². The van der Waals surface area contributed by atoms with Gasteiger partial charge in [0, 0.05) is 6.42 Å². The third kappa shape index (κ3) is 6.23. The second-order valence-corrected chi connectivity index (χ2v) is 6.55. The number of nitrogens with one attached hydrogen (secondary N) is 1. The van der Waals surface area contributed by atoms with Gasteiger partial charge in [0.25, 0.3) is 0 Å². The zero-order valence-corrected chi connectivity index (χ0v) is 12.9. The molecule has 1 rings (SSSR count). The fraction of sp³-hybridized carbons (Fsp3) is 0.867. The van der Waals surface area contributed by atoms with Gasteiger partial charge in [0.2, 0.25) is 5.91 Å². The Balaban J connectivity index is 2.41. The summed E-state index contributed by atoms with van der Waals surface area (Å²) in [5.74, 6) is -2.69. The summed E-state index contributed by atoms with van der Waals surface area (Å²) >= 11 is 0. The largest absolute Gasteiger partial charge is 0.480 e. The number of amides is 1. The molecule has 1 aliphatic carbocycles. The number of hydrogen-bond donors (Lipinski definition) is 2. The molecule has 0 unspecified atom stereocenters. The van der Waals surface area contributed by atoms with E-state index < -0.39 is 24.1 Å². The molecule has 0 aliphatic heterocycles. The van der Waals surface area contributed by atoms with Gasteiger partial charge >= 0.3 is 12.1 Å². The van der Waals surface area contributed by atoms with Gasteiger partial charge in [-0.3, -0.25) is 4.79 Å². The average molecular weight is 323 g/mol. The number of halogens is 3. The van der Waals surface area contributed by atoms with Crippen LogP contribution in [0.4, 0.5) is 13.2 Å². The SMILES string of the molecule is CC(C)C[C@@H](NC(=O)CC1CCC(C(F)(F)F)CC1)C(=O)O. The Morgan fingerprint density at radius 3 is 2.14 bits per heavy atom. The molecule has 0 aromatic rings. The second-order valence-electron chi connectivity index (χ2n) is 6.55. The van der Waals surface area contributed by atoms with Gasteiger partial charge in [0.15, 0.2) is 0 Å². The summed E-state index contributed by atoms with van der Waals surface area (Å²) in [4.78, 5) is 23.0. The topological polar surface area (TPSA) is 66.4 Å². The fourth-order valence-corrected chi connectivity index (χ4v) is 2.90. The molecular formula is C15H24F3NO3. The van der Waals surface area contributed by atoms with Crippen molar-refractivity contribution in [3.63, 3.8) is 0 Å². The number of carbonyl (C=O) groups is 2. The molecule has 0 spiro atoms. The molecule has 0 saturated heterocycles. The zero-order chi connectivity index (χ0) is 16.9. The maximum absolute atomic E-state index is 12.6. The third-order valence-electron chi connectivity index (χ3n) is 4.12. The molecule has 1 atom stereocenters. The van der Waals surface area contributed by atoms with E-state index in [9.17, 15) is 22.8 Å². The van der Waals surface area contributed by atoms with Crippen LogP contribution in [0.5, 0.6) is 0 Å². The Kier molecular flexibility index (Phi) is 6.68. The predicted molar refractivity (Wildman–Crippen MR) is 75.1 cm³/mol. The van der Waals surface area contributed by atoms with Gasteiger partial charge in [-0.2, -0.15) is 13.2 Å². The van der Waals surface area contributed by atoms with Crippen LogP contribution in [0, 0.1) is 17.8 Å². The monoisotopic (exact) mass is 323 g/mol. The van der Waals surface area contributed by atoms with Crippen molar-refractivity contribution in [2.45, 2.75) is 64.6 Å². The molecule has 1 amide bonds. The van der Waals surface area contributed by atoms with Crippen molar-refractivity contribution in [1.29, 1.82) is 0 Å². The maximum atomic E-state index is 12.6. The highest BCUT2D eigenvalue weighted by Crippen LogP contribution is 2.40. The first-order valence-corrected chi connectivity index (χ1v) is 7.68. The minimum absolute atomic E-state index is 0.0514. The van der Waals surface area contributed by atoms with Crippen LogP contribution in [0.3, 0.4) is 0 Å². The lowest BCUT2D eigenvalue weighted by atomic mass is 9.80. The molecule has 0 heterocycles. The van der Waals surface area contributed by atoms with E-state index >= 15 is 0 Å². The first kappa shape index (κ1) is 18.8. The summed E-state index contributed by atoms with van der Waals surface area (Å²) in [6.45, 7) is 3.72. The van der Waals surface area contributed by atoms with Crippen molar-refractivity contribution in [3.05, 3.63) is 0 Å². The Bertz CT molecular complexity index is 388. The fourth-order valence-electron chi connectivity index (χ4n) is 2.90. The van der Waals surface area contributed by atoms with Crippen LogP contribution in [-0.2, 0) is 9.59 Å². The zero-order valence-electron chi connectivity index (χ0n) is 12.9. The second kappa shape index (κ2) is 7.83. The van der Waals surface area contributed by atoms with E-state index in [0.717, 1.165) is 0 Å². The number of rotatable bonds is 6. The van der Waals surface area contributed by atoms with E-state index in [1.54, 1.807) is 0 Å². The molecule has 4 nitrogen and oxygen atoms in total. The maximum Gasteiger partial charge on any atom is 0.391 e. The quantitative estimate of drug-likeness (QED) is 0.787. The third-order valence-corrected chi connectivity index (χ3v) is 4.12. The lowest BCUT2D eigenvalue weighted by molar-refractivity contribution is -0.184. The highest BCUT2D eigenvalue weighted by atomic mass is 19.4. The lowest BCUT2D eigenvalue weighted by Gasteiger charge is -2.29. The molecule has 0 aromatic heterocycles. The lowest BCUT2D eigenvalue weighted by Crippen LogP contribution is -2.42. The summed E-state index contributed by atoms with van der Waals surface area (Å²) in [6, 6.07) is -0.931. The molecule has 22 heavy (non-hydrogen) atoms. The van der Waals surface area contributed by atoms with Crippen molar-refractivity contribution in [1.82, 2.24) is 5.32 Å². The summed E-state index contributed by atoms with van der Waals surface area (Å²) < 4.78 is 37.7. The summed E-state index contributed by atoms with van der Waals surface area (Å²) in [5, 5.41) is 11.5. The van der Waals surface area contributed by atoms with Crippen molar-refractivity contribution < 1.29 is 27.9 Å². The molecule has 1 aliphatic rings. The van der Waals surface area contributed by atoms with Gasteiger partial charge in [-0.15, -0.1) is 0 Å². The predicted octanol–water partition coefficient (Wildman–Crippen LogP) is 3.36. The van der Waals surface area contributed by atoms with Gasteiger partial charge in [0.05, 0.1) is 5.92 Å². The molecule has 1 saturated carbocycles. The van der Waals surface area contributed by atoms with Crippen molar-refractivity contribution in [3.8, 4) is 0 Å². The molecule has 128 valence electrons. The number of hydrogen-bond acceptors (Lipinski definition) is 2. The van der Waals surface area contributed by atoms with Crippen molar-refractivity contribution >= 4 is 11.9 Å². The Morgan fingerprint density at radius 1 is 1.18 bits per heavy atom. The normalized spacial score (nSPS) is 24.1. The number of carboxylic acids is 1. The molecule has 2 N–H and O–H groups in total. The molecule has 7 heteroatoms. The first-order chi connectivity index (χ1) is 10.1. The van der Waals surface area contributed by atoms with Gasteiger partial charge < -0.3 is 10.4 Å². The van der Waals surface area contributed by atoms with Gasteiger partial charge in [-0.1, -0.05) is 13.8 Å². The summed E-state index contributed by atoms with van der Waals surface area (Å²) in [5.41, 5.74) is 0. The number of alkyl halides is 3. The Morgan fingerprint density at radius 2 is 1.73 bits per heavy atom. The molecule has 0 aromatic carbocycles. The van der Waals surface area contributed by atoms with E-state index in [-0.39, 0.29) is 37.0 Å². The number of carboxylic acid groups (broad SMARTS) is 1. The first-order valence-electron chi connectivity index (χ1n) is 7.68. The molecular weight excluding hydrogens is 299 g/mol. The smallest absolute Gasteiger partial charge is 0.391 e. The van der Waals surface area contributed by atoms with Gasteiger partial charge in [-0.05, 0) is 43.9 Å². The molecule has 0 radical (unpaired) electrons. The number of carbonyl (C=O) groups excluding carboxylic acids is 1. The van der Waals surface area contributed by atoms with E-state index in [4.69, 9.17) is 5.11 Å². The average Bonchev–Trinajstić information content (AvgIpc) is 2.36. The van der Waals surface area contributed by atoms with E-state index in [2.05, 4.69) is 5.32 Å². The van der Waals surface area contributed by atoms with E-state index in [1.165, 1.54) is 0 Å². The molecule has 0 bridgehead atoms. The van der Waals surface area contributed by atoms with Crippen LogP contribution >= 0.6 is 0 Å². The van der Waals surface area contributed by atoms with E-state index in [1.807, 2.05) is 13.8 Å². The van der Waals surface area contributed by atoms with Crippen molar-refractivity contribution in [2.24, 2.45) is 17.8 Å². The van der Waals surface area contributed by atoms with Crippen LogP contribution in [0.1, 0.15) is 52.4 Å². The minimum atomic E-state index is -4.15. The number of aliphatic carboxylic acids is 1. The van der Waals surface area contributed by atoms with Crippen LogP contribution in [0.2, 0.25) is 0 Å². The van der Waals surface area contributed by atoms with E-state index in [0.29, 0.717) is 19.3 Å². The Hall–Kier alpha value is -1.27. The van der Waals surface area contributed by atoms with Gasteiger partial charge in [-0.25, -0.2) is 4.79 Å². The van der Waals surface area contributed by atoms with Crippen LogP contribution in [0.15, 0.2) is 0 Å². The Labute approximate surface area is 128 Å². The highest BCUT2D eigenvalue weighted by molar-refractivity contribution is 5.83.